The number of halogens is 1. The van der Waals surface area contributed by atoms with Crippen LogP contribution in [0.4, 0.5) is 4.39 Å². The lowest BCUT2D eigenvalue weighted by molar-refractivity contribution is 0.627. The number of hydrogen-bond donors (Lipinski definition) is 1. The molecule has 104 valence electrons. The summed E-state index contributed by atoms with van der Waals surface area (Å²) in [6.07, 6.45) is 4.86. The number of aromatic amines is 1. The fourth-order valence-corrected chi connectivity index (χ4v) is 1.97. The van der Waals surface area contributed by atoms with E-state index < -0.39 is 0 Å². The van der Waals surface area contributed by atoms with Crippen LogP contribution < -0.4 is 0 Å². The molecule has 5 nitrogen and oxygen atoms in total. The molecule has 0 spiro atoms. The van der Waals surface area contributed by atoms with Crippen molar-refractivity contribution in [3.8, 4) is 11.4 Å². The molecule has 21 heavy (non-hydrogen) atoms. The van der Waals surface area contributed by atoms with Crippen LogP contribution in [0, 0.1) is 10.6 Å². The first kappa shape index (κ1) is 13.3. The number of benzene rings is 1. The first-order valence-electron chi connectivity index (χ1n) is 6.12. The Morgan fingerprint density at radius 1 is 1.29 bits per heavy atom. The lowest BCUT2D eigenvalue weighted by Crippen LogP contribution is -1.95. The van der Waals surface area contributed by atoms with Gasteiger partial charge in [-0.3, -0.25) is 4.98 Å². The Balaban J connectivity index is 2.00. The average molecular weight is 299 g/mol. The minimum Gasteiger partial charge on any atom is -0.264 e. The van der Waals surface area contributed by atoms with Crippen LogP contribution in [0.15, 0.2) is 53.9 Å². The van der Waals surface area contributed by atoms with E-state index in [1.165, 1.54) is 23.0 Å². The van der Waals surface area contributed by atoms with Crippen LogP contribution in [0.2, 0.25) is 0 Å². The fourth-order valence-electron chi connectivity index (χ4n) is 1.79. The third-order valence-corrected chi connectivity index (χ3v) is 3.01. The Morgan fingerprint density at radius 2 is 2.19 bits per heavy atom. The molecule has 0 unspecified atom stereocenters. The number of pyridine rings is 1. The number of aromatic nitrogens is 4. The van der Waals surface area contributed by atoms with E-state index in [-0.39, 0.29) is 5.82 Å². The molecular formula is C14H10FN5S. The molecule has 7 heteroatoms. The molecule has 0 radical (unpaired) electrons. The molecule has 0 aliphatic rings. The van der Waals surface area contributed by atoms with Crippen molar-refractivity contribution in [2.24, 2.45) is 5.10 Å². The smallest absolute Gasteiger partial charge is 0.216 e. The molecule has 0 aliphatic heterocycles. The summed E-state index contributed by atoms with van der Waals surface area (Å²) in [6.45, 7) is 0. The number of H-pyrrole nitrogens is 1. The van der Waals surface area contributed by atoms with Crippen molar-refractivity contribution in [2.45, 2.75) is 0 Å². The van der Waals surface area contributed by atoms with E-state index >= 15 is 0 Å². The zero-order valence-corrected chi connectivity index (χ0v) is 11.6. The van der Waals surface area contributed by atoms with Crippen LogP contribution in [0.25, 0.3) is 11.4 Å². The molecule has 3 aromatic rings. The molecule has 0 fully saturated rings. The molecule has 3 rings (SSSR count). The van der Waals surface area contributed by atoms with E-state index in [4.69, 9.17) is 12.2 Å². The zero-order valence-electron chi connectivity index (χ0n) is 10.8. The summed E-state index contributed by atoms with van der Waals surface area (Å²) < 4.78 is 15.0. The molecule has 0 amide bonds. The highest BCUT2D eigenvalue weighted by Gasteiger charge is 2.07. The minimum atomic E-state index is -0.317. The third-order valence-electron chi connectivity index (χ3n) is 2.74. The molecule has 0 saturated heterocycles. The number of nitrogens with one attached hydrogen (secondary N) is 1. The van der Waals surface area contributed by atoms with Gasteiger partial charge >= 0.3 is 0 Å². The van der Waals surface area contributed by atoms with Crippen LogP contribution >= 0.6 is 12.2 Å². The first-order chi connectivity index (χ1) is 10.2. The van der Waals surface area contributed by atoms with Crippen molar-refractivity contribution >= 4 is 18.4 Å². The van der Waals surface area contributed by atoms with Crippen LogP contribution in [0.5, 0.6) is 0 Å². The number of rotatable bonds is 3. The van der Waals surface area contributed by atoms with Crippen LogP contribution in [-0.2, 0) is 0 Å². The summed E-state index contributed by atoms with van der Waals surface area (Å²) in [4.78, 5) is 4.04. The van der Waals surface area contributed by atoms with E-state index in [0.29, 0.717) is 16.2 Å². The van der Waals surface area contributed by atoms with E-state index in [1.54, 1.807) is 30.6 Å². The van der Waals surface area contributed by atoms with Gasteiger partial charge in [0, 0.05) is 18.0 Å². The van der Waals surface area contributed by atoms with E-state index in [0.717, 1.165) is 5.56 Å². The highest BCUT2D eigenvalue weighted by atomic mass is 32.1. The van der Waals surface area contributed by atoms with Crippen LogP contribution in [-0.4, -0.2) is 26.1 Å². The van der Waals surface area contributed by atoms with Gasteiger partial charge in [0.05, 0.1) is 6.21 Å². The topological polar surface area (TPSA) is 58.9 Å². The molecule has 0 bridgehead atoms. The van der Waals surface area contributed by atoms with Gasteiger partial charge in [-0.05, 0) is 42.0 Å². The lowest BCUT2D eigenvalue weighted by Gasteiger charge is -2.00. The van der Waals surface area contributed by atoms with Gasteiger partial charge in [-0.15, -0.1) is 0 Å². The maximum atomic E-state index is 13.1. The first-order valence-corrected chi connectivity index (χ1v) is 6.52. The van der Waals surface area contributed by atoms with Crippen molar-refractivity contribution in [1.82, 2.24) is 19.9 Å². The maximum Gasteiger partial charge on any atom is 0.216 e. The van der Waals surface area contributed by atoms with Gasteiger partial charge in [0.25, 0.3) is 0 Å². The quantitative estimate of drug-likeness (QED) is 0.597. The number of nitrogens with zero attached hydrogens (tertiary/aromatic N) is 4. The van der Waals surface area contributed by atoms with Crippen molar-refractivity contribution in [3.63, 3.8) is 0 Å². The average Bonchev–Trinajstić information content (AvgIpc) is 2.87. The second kappa shape index (κ2) is 5.76. The molecule has 1 N–H and O–H groups in total. The molecule has 0 aliphatic carbocycles. The molecule has 2 heterocycles. The Labute approximate surface area is 124 Å². The summed E-state index contributed by atoms with van der Waals surface area (Å²) in [6, 6.07) is 9.78. The second-order valence-corrected chi connectivity index (χ2v) is 4.59. The van der Waals surface area contributed by atoms with Crippen molar-refractivity contribution in [1.29, 1.82) is 0 Å². The fraction of sp³-hybridized carbons (Fsp3) is 0. The highest BCUT2D eigenvalue weighted by Crippen LogP contribution is 2.15. The van der Waals surface area contributed by atoms with Crippen molar-refractivity contribution < 1.29 is 4.39 Å². The Bertz CT molecular complexity index is 838. The Morgan fingerprint density at radius 3 is 2.95 bits per heavy atom. The van der Waals surface area contributed by atoms with Gasteiger partial charge in [0.15, 0.2) is 5.82 Å². The molecule has 0 atom stereocenters. The lowest BCUT2D eigenvalue weighted by atomic mass is 10.2. The van der Waals surface area contributed by atoms with Crippen LogP contribution in [0.1, 0.15) is 5.56 Å². The number of hydrogen-bond acceptors (Lipinski definition) is 4. The summed E-state index contributed by atoms with van der Waals surface area (Å²) >= 11 is 5.15. The second-order valence-electron chi connectivity index (χ2n) is 4.21. The summed E-state index contributed by atoms with van der Waals surface area (Å²) in [5.74, 6) is 0.225. The summed E-state index contributed by atoms with van der Waals surface area (Å²) in [5.41, 5.74) is 1.41. The third kappa shape index (κ3) is 2.92. The zero-order chi connectivity index (χ0) is 14.7. The SMILES string of the molecule is Fc1cccc(C=Nn2c(-c3cccnc3)n[nH]c2=S)c1. The molecule has 2 aromatic heterocycles. The molecular weight excluding hydrogens is 289 g/mol. The molecule has 1 aromatic carbocycles. The monoisotopic (exact) mass is 299 g/mol. The standard InChI is InChI=1S/C14H10FN5S/c15-12-5-1-3-10(7-12)8-17-20-13(18-19-14(20)21)11-4-2-6-16-9-11/h1-9H,(H,19,21). The van der Waals surface area contributed by atoms with E-state index in [1.807, 2.05) is 6.07 Å². The normalized spacial score (nSPS) is 11.1. The maximum absolute atomic E-state index is 13.1. The van der Waals surface area contributed by atoms with Gasteiger partial charge in [0.2, 0.25) is 4.77 Å². The van der Waals surface area contributed by atoms with Gasteiger partial charge < -0.3 is 0 Å². The van der Waals surface area contributed by atoms with Crippen molar-refractivity contribution in [3.05, 3.63) is 64.9 Å². The van der Waals surface area contributed by atoms with Gasteiger partial charge in [-0.2, -0.15) is 14.9 Å². The van der Waals surface area contributed by atoms with Crippen molar-refractivity contribution in [2.75, 3.05) is 0 Å². The Hall–Kier alpha value is -2.67. The highest BCUT2D eigenvalue weighted by molar-refractivity contribution is 7.71. The van der Waals surface area contributed by atoms with Gasteiger partial charge in [-0.1, -0.05) is 12.1 Å². The summed E-state index contributed by atoms with van der Waals surface area (Å²) in [5, 5.41) is 11.1. The van der Waals surface area contributed by atoms with E-state index in [9.17, 15) is 4.39 Å². The predicted molar refractivity (Wildman–Crippen MR) is 80.0 cm³/mol. The van der Waals surface area contributed by atoms with E-state index in [2.05, 4.69) is 20.3 Å². The van der Waals surface area contributed by atoms with Gasteiger partial charge in [0.1, 0.15) is 5.82 Å². The van der Waals surface area contributed by atoms with Gasteiger partial charge in [-0.25, -0.2) is 9.49 Å². The van der Waals surface area contributed by atoms with Crippen LogP contribution in [0.3, 0.4) is 0 Å². The Kier molecular flexibility index (Phi) is 3.65. The largest absolute Gasteiger partial charge is 0.264 e. The molecule has 0 saturated carbocycles. The summed E-state index contributed by atoms with van der Waals surface area (Å²) in [7, 11) is 0. The predicted octanol–water partition coefficient (Wildman–Crippen LogP) is 3.02. The minimum absolute atomic E-state index is 0.317.